The summed E-state index contributed by atoms with van der Waals surface area (Å²) in [5, 5.41) is 0. The summed E-state index contributed by atoms with van der Waals surface area (Å²) < 4.78 is 0. The van der Waals surface area contributed by atoms with Crippen LogP contribution in [0, 0.1) is 17.3 Å². The third kappa shape index (κ3) is 2.36. The molecule has 1 fully saturated rings. The Labute approximate surface area is 97.2 Å². The molecule has 1 heterocycles. The Morgan fingerprint density at radius 2 is 1.94 bits per heavy atom. The molecule has 0 aliphatic carbocycles. The van der Waals surface area contributed by atoms with E-state index < -0.39 is 0 Å². The number of rotatable bonds is 3. The quantitative estimate of drug-likeness (QED) is 0.780. The molecule has 16 heavy (non-hydrogen) atoms. The first-order valence-electron chi connectivity index (χ1n) is 5.88. The topological polar surface area (TPSA) is 63.4 Å². The van der Waals surface area contributed by atoms with Crippen LogP contribution in [0.5, 0.6) is 0 Å². The van der Waals surface area contributed by atoms with Crippen LogP contribution >= 0.6 is 0 Å². The van der Waals surface area contributed by atoms with E-state index in [1.807, 2.05) is 27.7 Å². The van der Waals surface area contributed by atoms with Gasteiger partial charge in [0.25, 0.3) is 0 Å². The number of nitrogens with zero attached hydrogens (tertiary/aromatic N) is 1. The Morgan fingerprint density at radius 3 is 2.31 bits per heavy atom. The van der Waals surface area contributed by atoms with Crippen molar-refractivity contribution in [3.05, 3.63) is 0 Å². The van der Waals surface area contributed by atoms with Crippen LogP contribution in [0.1, 0.15) is 34.1 Å². The predicted molar refractivity (Wildman–Crippen MR) is 62.5 cm³/mol. The second-order valence-corrected chi connectivity index (χ2v) is 5.43. The van der Waals surface area contributed by atoms with Gasteiger partial charge in [0.05, 0.1) is 5.92 Å². The zero-order valence-electron chi connectivity index (χ0n) is 10.6. The van der Waals surface area contributed by atoms with Crippen LogP contribution in [-0.4, -0.2) is 29.8 Å². The summed E-state index contributed by atoms with van der Waals surface area (Å²) in [5.74, 6) is -0.173. The summed E-state index contributed by atoms with van der Waals surface area (Å²) in [6.45, 7) is 8.99. The Morgan fingerprint density at radius 1 is 1.38 bits per heavy atom. The number of hydrogen-bond acceptors (Lipinski definition) is 2. The van der Waals surface area contributed by atoms with E-state index in [4.69, 9.17) is 5.73 Å². The molecule has 0 radical (unpaired) electrons. The van der Waals surface area contributed by atoms with Crippen LogP contribution in [0.25, 0.3) is 0 Å². The molecule has 1 aliphatic heterocycles. The summed E-state index contributed by atoms with van der Waals surface area (Å²) in [6.07, 6.45) is 0.804. The highest BCUT2D eigenvalue weighted by Gasteiger charge is 2.39. The molecule has 0 bridgehead atoms. The van der Waals surface area contributed by atoms with Crippen molar-refractivity contribution >= 4 is 11.8 Å². The molecule has 0 aromatic rings. The fourth-order valence-corrected chi connectivity index (χ4v) is 2.08. The van der Waals surface area contributed by atoms with E-state index in [-0.39, 0.29) is 29.1 Å². The summed E-state index contributed by atoms with van der Waals surface area (Å²) >= 11 is 0. The maximum Gasteiger partial charge on any atom is 0.228 e. The minimum atomic E-state index is -0.341. The van der Waals surface area contributed by atoms with E-state index in [2.05, 4.69) is 0 Å². The van der Waals surface area contributed by atoms with Crippen LogP contribution in [0.2, 0.25) is 0 Å². The van der Waals surface area contributed by atoms with Crippen LogP contribution in [-0.2, 0) is 9.59 Å². The van der Waals surface area contributed by atoms with Crippen molar-refractivity contribution in [3.8, 4) is 0 Å². The van der Waals surface area contributed by atoms with Gasteiger partial charge in [-0.1, -0.05) is 27.7 Å². The Balaban J connectivity index is 2.72. The average molecular weight is 226 g/mol. The fraction of sp³-hybridized carbons (Fsp3) is 0.833. The van der Waals surface area contributed by atoms with Gasteiger partial charge in [0.2, 0.25) is 11.8 Å². The number of nitrogens with two attached hydrogens (primary N) is 1. The molecule has 1 aliphatic rings. The third-order valence-electron chi connectivity index (χ3n) is 3.73. The molecule has 92 valence electrons. The van der Waals surface area contributed by atoms with E-state index >= 15 is 0 Å². The van der Waals surface area contributed by atoms with Gasteiger partial charge >= 0.3 is 0 Å². The van der Waals surface area contributed by atoms with Crippen molar-refractivity contribution in [2.75, 3.05) is 13.1 Å². The first kappa shape index (κ1) is 13.0. The summed E-state index contributed by atoms with van der Waals surface area (Å²) in [4.78, 5) is 25.2. The molecule has 2 N–H and O–H groups in total. The Bertz CT molecular complexity index is 299. The van der Waals surface area contributed by atoms with Gasteiger partial charge in [-0.05, 0) is 12.3 Å². The zero-order valence-corrected chi connectivity index (χ0v) is 10.6. The molecule has 1 saturated heterocycles. The highest BCUT2D eigenvalue weighted by molar-refractivity contribution is 5.84. The van der Waals surface area contributed by atoms with Crippen LogP contribution in [0.15, 0.2) is 0 Å². The molecule has 0 saturated carbocycles. The van der Waals surface area contributed by atoms with E-state index in [0.717, 1.165) is 6.42 Å². The molecule has 4 heteroatoms. The van der Waals surface area contributed by atoms with Crippen molar-refractivity contribution in [1.29, 1.82) is 0 Å². The van der Waals surface area contributed by atoms with Crippen molar-refractivity contribution in [1.82, 2.24) is 4.90 Å². The summed E-state index contributed by atoms with van der Waals surface area (Å²) in [6, 6.07) is 0. The van der Waals surface area contributed by atoms with Gasteiger partial charge < -0.3 is 10.6 Å². The van der Waals surface area contributed by atoms with Gasteiger partial charge in [-0.3, -0.25) is 9.59 Å². The van der Waals surface area contributed by atoms with E-state index in [1.165, 1.54) is 0 Å². The van der Waals surface area contributed by atoms with Gasteiger partial charge in [0.15, 0.2) is 0 Å². The monoisotopic (exact) mass is 226 g/mol. The number of hydrogen-bond donors (Lipinski definition) is 1. The van der Waals surface area contributed by atoms with Crippen molar-refractivity contribution in [3.63, 3.8) is 0 Å². The minimum Gasteiger partial charge on any atom is -0.369 e. The molecular formula is C12H22N2O2. The first-order chi connectivity index (χ1) is 7.29. The largest absolute Gasteiger partial charge is 0.369 e. The standard InChI is InChI=1S/C12H22N2O2/c1-5-12(3,4)11(16)14-6-8(2)9(7-14)10(13)15/h8-9H,5-7H2,1-4H3,(H2,13,15)/t8-,9-/m1/s1. The number of likely N-dealkylation sites (tertiary alicyclic amines) is 1. The normalized spacial score (nSPS) is 25.9. The number of primary amides is 1. The van der Waals surface area contributed by atoms with Crippen LogP contribution in [0.3, 0.4) is 0 Å². The van der Waals surface area contributed by atoms with Gasteiger partial charge in [-0.25, -0.2) is 0 Å². The molecule has 0 unspecified atom stereocenters. The molecular weight excluding hydrogens is 204 g/mol. The number of amides is 2. The number of carbonyl (C=O) groups excluding carboxylic acids is 2. The summed E-state index contributed by atoms with van der Waals surface area (Å²) in [7, 11) is 0. The second kappa shape index (κ2) is 4.44. The van der Waals surface area contributed by atoms with Gasteiger partial charge in [-0.15, -0.1) is 0 Å². The van der Waals surface area contributed by atoms with Crippen molar-refractivity contribution < 1.29 is 9.59 Å². The molecule has 1 rings (SSSR count). The predicted octanol–water partition coefficient (Wildman–Crippen LogP) is 1.00. The van der Waals surface area contributed by atoms with Crippen LogP contribution in [0.4, 0.5) is 0 Å². The molecule has 0 spiro atoms. The lowest BCUT2D eigenvalue weighted by Gasteiger charge is -2.28. The average Bonchev–Trinajstić information content (AvgIpc) is 2.59. The lowest BCUT2D eigenvalue weighted by atomic mass is 9.88. The van der Waals surface area contributed by atoms with E-state index in [1.54, 1.807) is 4.90 Å². The molecule has 2 atom stereocenters. The van der Waals surface area contributed by atoms with Crippen molar-refractivity contribution in [2.24, 2.45) is 23.0 Å². The minimum absolute atomic E-state index is 0.130. The van der Waals surface area contributed by atoms with Gasteiger partial charge in [-0.2, -0.15) is 0 Å². The smallest absolute Gasteiger partial charge is 0.228 e. The summed E-state index contributed by atoms with van der Waals surface area (Å²) in [5.41, 5.74) is 4.97. The molecule has 4 nitrogen and oxygen atoms in total. The van der Waals surface area contributed by atoms with Gasteiger partial charge in [0, 0.05) is 18.5 Å². The molecule has 0 aromatic carbocycles. The third-order valence-corrected chi connectivity index (χ3v) is 3.73. The molecule has 0 aromatic heterocycles. The Hall–Kier alpha value is -1.06. The van der Waals surface area contributed by atoms with E-state index in [0.29, 0.717) is 13.1 Å². The lowest BCUT2D eigenvalue weighted by Crippen LogP contribution is -2.40. The van der Waals surface area contributed by atoms with Gasteiger partial charge in [0.1, 0.15) is 0 Å². The second-order valence-electron chi connectivity index (χ2n) is 5.43. The highest BCUT2D eigenvalue weighted by Crippen LogP contribution is 2.29. The number of carbonyl (C=O) groups is 2. The maximum absolute atomic E-state index is 12.2. The lowest BCUT2D eigenvalue weighted by molar-refractivity contribution is -0.139. The van der Waals surface area contributed by atoms with Crippen molar-refractivity contribution in [2.45, 2.75) is 34.1 Å². The maximum atomic E-state index is 12.2. The fourth-order valence-electron chi connectivity index (χ4n) is 2.08. The zero-order chi connectivity index (χ0) is 12.5. The first-order valence-corrected chi connectivity index (χ1v) is 5.88. The van der Waals surface area contributed by atoms with E-state index in [9.17, 15) is 9.59 Å². The highest BCUT2D eigenvalue weighted by atomic mass is 16.2. The molecule has 2 amide bonds. The Kier molecular flexibility index (Phi) is 3.61. The SMILES string of the molecule is CCC(C)(C)C(=O)N1C[C@@H](C)[C@H](C(N)=O)C1. The van der Waals surface area contributed by atoms with Crippen LogP contribution < -0.4 is 5.73 Å².